The Morgan fingerprint density at radius 1 is 1.22 bits per heavy atom. The fraction of sp³-hybridized carbons (Fsp3) is 0.364. The Labute approximate surface area is 159 Å². The zero-order valence-electron chi connectivity index (χ0n) is 16.2. The van der Waals surface area contributed by atoms with Crippen molar-refractivity contribution >= 4 is 11.7 Å². The van der Waals surface area contributed by atoms with Gasteiger partial charge in [-0.1, -0.05) is 31.2 Å². The summed E-state index contributed by atoms with van der Waals surface area (Å²) in [5.74, 6) is 1.24. The number of rotatable bonds is 6. The molecule has 2 aromatic carbocycles. The van der Waals surface area contributed by atoms with E-state index in [1.165, 1.54) is 0 Å². The van der Waals surface area contributed by atoms with Crippen molar-refractivity contribution in [2.24, 2.45) is 0 Å². The van der Waals surface area contributed by atoms with Crippen LogP contribution in [0.25, 0.3) is 0 Å². The number of hydrogen-bond acceptors (Lipinski definition) is 4. The number of carbonyl (C=O) groups is 2. The van der Waals surface area contributed by atoms with Gasteiger partial charge in [0, 0.05) is 12.0 Å². The fourth-order valence-electron chi connectivity index (χ4n) is 3.76. The molecule has 0 saturated carbocycles. The van der Waals surface area contributed by atoms with Gasteiger partial charge in [-0.15, -0.1) is 0 Å². The number of benzene rings is 2. The zero-order valence-corrected chi connectivity index (χ0v) is 16.2. The Balaban J connectivity index is 1.68. The van der Waals surface area contributed by atoms with Crippen LogP contribution < -0.4 is 14.8 Å². The van der Waals surface area contributed by atoms with Crippen molar-refractivity contribution < 1.29 is 19.1 Å². The Bertz CT molecular complexity index is 875. The molecular formula is C22H25NO4. The number of para-hydroxylation sites is 1. The minimum atomic E-state index is -0.249. The quantitative estimate of drug-likeness (QED) is 0.840. The van der Waals surface area contributed by atoms with Gasteiger partial charge in [0.05, 0.1) is 18.7 Å². The molecule has 1 aliphatic carbocycles. The maximum atomic E-state index is 12.4. The van der Waals surface area contributed by atoms with Crippen molar-refractivity contribution in [2.45, 2.75) is 39.2 Å². The normalized spacial score (nSPS) is 16.6. The lowest BCUT2D eigenvalue weighted by Gasteiger charge is -2.18. The van der Waals surface area contributed by atoms with Gasteiger partial charge in [0.1, 0.15) is 11.5 Å². The van der Waals surface area contributed by atoms with Crippen molar-refractivity contribution in [2.75, 3.05) is 13.7 Å². The molecule has 0 aromatic heterocycles. The molecule has 5 nitrogen and oxygen atoms in total. The van der Waals surface area contributed by atoms with Crippen molar-refractivity contribution in [1.82, 2.24) is 5.32 Å². The number of nitrogens with one attached hydrogen (secondary N) is 1. The molecule has 5 heteroatoms. The number of aryl methyl sites for hydroxylation is 1. The monoisotopic (exact) mass is 367 g/mol. The van der Waals surface area contributed by atoms with E-state index < -0.39 is 0 Å². The van der Waals surface area contributed by atoms with Gasteiger partial charge in [-0.05, 0) is 43.0 Å². The highest BCUT2D eigenvalue weighted by atomic mass is 16.5. The van der Waals surface area contributed by atoms with Gasteiger partial charge in [0.15, 0.2) is 12.4 Å². The van der Waals surface area contributed by atoms with Gasteiger partial charge >= 0.3 is 0 Å². The molecule has 3 rings (SSSR count). The van der Waals surface area contributed by atoms with Crippen molar-refractivity contribution in [3.63, 3.8) is 0 Å². The molecule has 0 saturated heterocycles. The number of ether oxygens (including phenoxy) is 2. The molecule has 1 aliphatic rings. The van der Waals surface area contributed by atoms with Crippen LogP contribution in [0.15, 0.2) is 36.4 Å². The Morgan fingerprint density at radius 3 is 2.70 bits per heavy atom. The average Bonchev–Trinajstić information content (AvgIpc) is 2.96. The summed E-state index contributed by atoms with van der Waals surface area (Å²) in [5, 5.41) is 2.91. The fourth-order valence-corrected chi connectivity index (χ4v) is 3.76. The average molecular weight is 367 g/mol. The van der Waals surface area contributed by atoms with Gasteiger partial charge in [-0.25, -0.2) is 0 Å². The summed E-state index contributed by atoms with van der Waals surface area (Å²) < 4.78 is 11.1. The summed E-state index contributed by atoms with van der Waals surface area (Å²) in [4.78, 5) is 24.7. The molecular weight excluding hydrogens is 342 g/mol. The van der Waals surface area contributed by atoms with Gasteiger partial charge in [0.25, 0.3) is 5.91 Å². The molecule has 0 spiro atoms. The van der Waals surface area contributed by atoms with Gasteiger partial charge in [-0.2, -0.15) is 0 Å². The number of fused-ring (bicyclic) bond motifs is 1. The smallest absolute Gasteiger partial charge is 0.258 e. The largest absolute Gasteiger partial charge is 0.496 e. The Kier molecular flexibility index (Phi) is 5.49. The van der Waals surface area contributed by atoms with E-state index in [2.05, 4.69) is 5.32 Å². The van der Waals surface area contributed by atoms with Crippen LogP contribution in [0.3, 0.4) is 0 Å². The molecule has 0 radical (unpaired) electrons. The first-order valence-corrected chi connectivity index (χ1v) is 9.14. The van der Waals surface area contributed by atoms with E-state index in [-0.39, 0.29) is 30.3 Å². The van der Waals surface area contributed by atoms with E-state index >= 15 is 0 Å². The van der Waals surface area contributed by atoms with E-state index in [0.717, 1.165) is 22.4 Å². The predicted molar refractivity (Wildman–Crippen MR) is 104 cm³/mol. The first-order chi connectivity index (χ1) is 12.9. The SMILES string of the molecule is COc1ccccc1[C@@H](C)NC(=O)COc1ccc(C)c2c1C(=O)C[C@@H]2C. The summed E-state index contributed by atoms with van der Waals surface area (Å²) in [6.07, 6.45) is 0.494. The van der Waals surface area contributed by atoms with Crippen LogP contribution in [0, 0.1) is 6.92 Å². The molecule has 0 heterocycles. The second kappa shape index (κ2) is 7.82. The van der Waals surface area contributed by atoms with Crippen LogP contribution in [0.2, 0.25) is 0 Å². The highest BCUT2D eigenvalue weighted by molar-refractivity contribution is 6.04. The summed E-state index contributed by atoms with van der Waals surface area (Å²) in [6, 6.07) is 11.1. The minimum Gasteiger partial charge on any atom is -0.496 e. The first-order valence-electron chi connectivity index (χ1n) is 9.14. The number of ketones is 1. The molecule has 142 valence electrons. The van der Waals surface area contributed by atoms with Crippen molar-refractivity contribution in [3.05, 3.63) is 58.7 Å². The molecule has 0 bridgehead atoms. The maximum absolute atomic E-state index is 12.4. The van der Waals surface area contributed by atoms with E-state index in [9.17, 15) is 9.59 Å². The summed E-state index contributed by atoms with van der Waals surface area (Å²) in [7, 11) is 1.60. The van der Waals surface area contributed by atoms with Crippen LogP contribution in [-0.4, -0.2) is 25.4 Å². The molecule has 2 aromatic rings. The molecule has 0 aliphatic heterocycles. The number of methoxy groups -OCH3 is 1. The summed E-state index contributed by atoms with van der Waals surface area (Å²) >= 11 is 0. The number of carbonyl (C=O) groups excluding carboxylic acids is 2. The van der Waals surface area contributed by atoms with Crippen LogP contribution in [-0.2, 0) is 4.79 Å². The summed E-state index contributed by atoms with van der Waals surface area (Å²) in [6.45, 7) is 5.79. The lowest BCUT2D eigenvalue weighted by molar-refractivity contribution is -0.123. The Morgan fingerprint density at radius 2 is 1.96 bits per heavy atom. The molecule has 0 unspecified atom stereocenters. The third-order valence-corrected chi connectivity index (χ3v) is 5.03. The lowest BCUT2D eigenvalue weighted by Crippen LogP contribution is -2.31. The van der Waals surface area contributed by atoms with Gasteiger partial charge in [-0.3, -0.25) is 9.59 Å². The Hall–Kier alpha value is -2.82. The highest BCUT2D eigenvalue weighted by Gasteiger charge is 2.31. The van der Waals surface area contributed by atoms with Crippen LogP contribution in [0.1, 0.15) is 59.3 Å². The third kappa shape index (κ3) is 3.82. The molecule has 1 amide bonds. The number of hydrogen-bond donors (Lipinski definition) is 1. The van der Waals surface area contributed by atoms with Crippen LogP contribution in [0.4, 0.5) is 0 Å². The molecule has 27 heavy (non-hydrogen) atoms. The highest BCUT2D eigenvalue weighted by Crippen LogP contribution is 2.40. The van der Waals surface area contributed by atoms with Crippen LogP contribution in [0.5, 0.6) is 11.5 Å². The topological polar surface area (TPSA) is 64.6 Å². The number of Topliss-reactive ketones (excluding diaryl/α,β-unsaturated/α-hetero) is 1. The second-order valence-corrected chi connectivity index (χ2v) is 7.02. The van der Waals surface area contributed by atoms with E-state index in [4.69, 9.17) is 9.47 Å². The zero-order chi connectivity index (χ0) is 19.6. The third-order valence-electron chi connectivity index (χ3n) is 5.03. The van der Waals surface area contributed by atoms with Gasteiger partial charge < -0.3 is 14.8 Å². The van der Waals surface area contributed by atoms with E-state index in [0.29, 0.717) is 17.7 Å². The summed E-state index contributed by atoms with van der Waals surface area (Å²) in [5.41, 5.74) is 3.66. The predicted octanol–water partition coefficient (Wildman–Crippen LogP) is 3.95. The van der Waals surface area contributed by atoms with Crippen molar-refractivity contribution in [1.29, 1.82) is 0 Å². The molecule has 0 fully saturated rings. The molecule has 2 atom stereocenters. The van der Waals surface area contributed by atoms with Gasteiger partial charge in [0.2, 0.25) is 0 Å². The maximum Gasteiger partial charge on any atom is 0.258 e. The lowest BCUT2D eigenvalue weighted by atomic mass is 9.97. The van der Waals surface area contributed by atoms with Crippen LogP contribution >= 0.6 is 0 Å². The van der Waals surface area contributed by atoms with Crippen molar-refractivity contribution in [3.8, 4) is 11.5 Å². The second-order valence-electron chi connectivity index (χ2n) is 7.02. The van der Waals surface area contributed by atoms with E-state index in [1.54, 1.807) is 13.2 Å². The first kappa shape index (κ1) is 19.0. The minimum absolute atomic E-state index is 0.0824. The standard InChI is InChI=1S/C22H25NO4/c1-13-9-10-19(22-17(24)11-14(2)21(13)22)27-12-20(25)23-15(3)16-7-5-6-8-18(16)26-4/h5-10,14-15H,11-12H2,1-4H3,(H,23,25)/t14-,15+/m0/s1. The number of amides is 1. The van der Waals surface area contributed by atoms with E-state index in [1.807, 2.05) is 51.1 Å². The molecule has 1 N–H and O–H groups in total.